The highest BCUT2D eigenvalue weighted by molar-refractivity contribution is 14.0. The van der Waals surface area contributed by atoms with Crippen molar-refractivity contribution in [1.29, 1.82) is 0 Å². The SMILES string of the molecule is CC(C)(C)NC(N)=NCCC1CCS(=O)(=O)CC1.I. The van der Waals surface area contributed by atoms with Gasteiger partial charge in [-0.3, -0.25) is 4.99 Å². The third-order valence-electron chi connectivity index (χ3n) is 3.00. The molecule has 0 saturated carbocycles. The maximum absolute atomic E-state index is 11.3. The summed E-state index contributed by atoms with van der Waals surface area (Å²) in [4.78, 5) is 4.27. The summed E-state index contributed by atoms with van der Waals surface area (Å²) in [6.45, 7) is 6.75. The molecule has 1 heterocycles. The van der Waals surface area contributed by atoms with Crippen molar-refractivity contribution < 1.29 is 8.42 Å². The van der Waals surface area contributed by atoms with Crippen molar-refractivity contribution in [1.82, 2.24) is 5.32 Å². The summed E-state index contributed by atoms with van der Waals surface area (Å²) in [7, 11) is -2.75. The van der Waals surface area contributed by atoms with E-state index < -0.39 is 9.84 Å². The minimum Gasteiger partial charge on any atom is -0.370 e. The summed E-state index contributed by atoms with van der Waals surface area (Å²) in [6.07, 6.45) is 2.46. The fourth-order valence-corrected chi connectivity index (χ4v) is 3.61. The Morgan fingerprint density at radius 2 is 1.84 bits per heavy atom. The van der Waals surface area contributed by atoms with Gasteiger partial charge in [-0.05, 0) is 46.0 Å². The topological polar surface area (TPSA) is 84.5 Å². The van der Waals surface area contributed by atoms with E-state index in [1.165, 1.54) is 0 Å². The summed E-state index contributed by atoms with van der Waals surface area (Å²) in [6, 6.07) is 0. The first-order valence-electron chi connectivity index (χ1n) is 6.46. The van der Waals surface area contributed by atoms with Gasteiger partial charge in [-0.2, -0.15) is 0 Å². The lowest BCUT2D eigenvalue weighted by molar-refractivity contribution is 0.440. The van der Waals surface area contributed by atoms with Gasteiger partial charge in [-0.15, -0.1) is 24.0 Å². The normalized spacial score (nSPS) is 20.7. The lowest BCUT2D eigenvalue weighted by atomic mass is 9.99. The van der Waals surface area contributed by atoms with Gasteiger partial charge in [0.15, 0.2) is 5.96 Å². The van der Waals surface area contributed by atoms with Crippen LogP contribution in [0.3, 0.4) is 0 Å². The van der Waals surface area contributed by atoms with Crippen LogP contribution in [0.15, 0.2) is 4.99 Å². The van der Waals surface area contributed by atoms with Gasteiger partial charge < -0.3 is 11.1 Å². The first-order chi connectivity index (χ1) is 8.18. The van der Waals surface area contributed by atoms with Gasteiger partial charge >= 0.3 is 0 Å². The number of hydrogen-bond acceptors (Lipinski definition) is 3. The Hall–Kier alpha value is -0.0500. The molecule has 0 aromatic heterocycles. The van der Waals surface area contributed by atoms with Gasteiger partial charge in [-0.1, -0.05) is 0 Å². The predicted molar refractivity (Wildman–Crippen MR) is 90.8 cm³/mol. The van der Waals surface area contributed by atoms with Crippen LogP contribution in [0.5, 0.6) is 0 Å². The Labute approximate surface area is 133 Å². The van der Waals surface area contributed by atoms with Crippen molar-refractivity contribution in [2.24, 2.45) is 16.6 Å². The second-order valence-electron chi connectivity index (χ2n) is 6.03. The molecular weight excluding hydrogens is 377 g/mol. The van der Waals surface area contributed by atoms with E-state index >= 15 is 0 Å². The molecule has 1 fully saturated rings. The van der Waals surface area contributed by atoms with E-state index in [9.17, 15) is 8.42 Å². The van der Waals surface area contributed by atoms with Crippen LogP contribution in [-0.2, 0) is 9.84 Å². The summed E-state index contributed by atoms with van der Waals surface area (Å²) in [5.41, 5.74) is 5.68. The van der Waals surface area contributed by atoms with Crippen LogP contribution in [-0.4, -0.2) is 38.0 Å². The molecule has 0 aliphatic carbocycles. The number of nitrogens with zero attached hydrogens (tertiary/aromatic N) is 1. The van der Waals surface area contributed by atoms with Crippen molar-refractivity contribution in [3.8, 4) is 0 Å². The Kier molecular flexibility index (Phi) is 7.64. The van der Waals surface area contributed by atoms with Crippen LogP contribution >= 0.6 is 24.0 Å². The highest BCUT2D eigenvalue weighted by Crippen LogP contribution is 2.21. The highest BCUT2D eigenvalue weighted by atomic mass is 127. The van der Waals surface area contributed by atoms with Gasteiger partial charge in [0.2, 0.25) is 0 Å². The molecule has 0 bridgehead atoms. The molecule has 3 N–H and O–H groups in total. The van der Waals surface area contributed by atoms with Crippen LogP contribution in [0.25, 0.3) is 0 Å². The molecule has 0 atom stereocenters. The largest absolute Gasteiger partial charge is 0.370 e. The van der Waals surface area contributed by atoms with Gasteiger partial charge in [0.1, 0.15) is 9.84 Å². The molecule has 0 radical (unpaired) electrons. The Balaban J connectivity index is 0.00000324. The molecule has 19 heavy (non-hydrogen) atoms. The summed E-state index contributed by atoms with van der Waals surface area (Å²) in [5.74, 6) is 1.60. The van der Waals surface area contributed by atoms with Crippen molar-refractivity contribution in [3.63, 3.8) is 0 Å². The van der Waals surface area contributed by atoms with Crippen LogP contribution < -0.4 is 11.1 Å². The van der Waals surface area contributed by atoms with Crippen molar-refractivity contribution in [2.45, 2.75) is 45.6 Å². The lowest BCUT2D eigenvalue weighted by Crippen LogP contribution is -2.45. The molecule has 0 aromatic carbocycles. The van der Waals surface area contributed by atoms with Gasteiger partial charge in [-0.25, -0.2) is 8.42 Å². The van der Waals surface area contributed by atoms with E-state index in [-0.39, 0.29) is 29.5 Å². The fraction of sp³-hybridized carbons (Fsp3) is 0.917. The van der Waals surface area contributed by atoms with Crippen molar-refractivity contribution in [3.05, 3.63) is 0 Å². The number of rotatable bonds is 3. The molecule has 1 aliphatic heterocycles. The summed E-state index contributed by atoms with van der Waals surface area (Å²) < 4.78 is 22.6. The molecule has 1 saturated heterocycles. The number of nitrogens with two attached hydrogens (primary N) is 1. The van der Waals surface area contributed by atoms with E-state index in [4.69, 9.17) is 5.73 Å². The minimum absolute atomic E-state index is 0. The van der Waals surface area contributed by atoms with E-state index in [0.717, 1.165) is 19.3 Å². The molecule has 5 nitrogen and oxygen atoms in total. The van der Waals surface area contributed by atoms with Crippen molar-refractivity contribution >= 4 is 39.8 Å². The molecule has 0 amide bonds. The maximum Gasteiger partial charge on any atom is 0.188 e. The van der Waals surface area contributed by atoms with Gasteiger partial charge in [0.05, 0.1) is 11.5 Å². The first-order valence-corrected chi connectivity index (χ1v) is 8.29. The third kappa shape index (κ3) is 8.67. The summed E-state index contributed by atoms with van der Waals surface area (Å²) in [5, 5.41) is 3.10. The van der Waals surface area contributed by atoms with E-state index in [1.807, 2.05) is 20.8 Å². The number of nitrogens with one attached hydrogen (secondary N) is 1. The van der Waals surface area contributed by atoms with Crippen LogP contribution in [0.4, 0.5) is 0 Å². The number of aliphatic imine (C=N–C) groups is 1. The smallest absolute Gasteiger partial charge is 0.188 e. The van der Waals surface area contributed by atoms with Crippen molar-refractivity contribution in [2.75, 3.05) is 18.1 Å². The number of sulfone groups is 1. The lowest BCUT2D eigenvalue weighted by Gasteiger charge is -2.22. The van der Waals surface area contributed by atoms with Crippen LogP contribution in [0.1, 0.15) is 40.0 Å². The third-order valence-corrected chi connectivity index (χ3v) is 4.71. The monoisotopic (exact) mass is 403 g/mol. The molecule has 0 unspecified atom stereocenters. The average molecular weight is 403 g/mol. The molecular formula is C12H26IN3O2S. The fourth-order valence-electron chi connectivity index (χ4n) is 2.02. The second-order valence-corrected chi connectivity index (χ2v) is 8.33. The molecule has 0 aromatic rings. The molecule has 1 rings (SSSR count). The van der Waals surface area contributed by atoms with Crippen LogP contribution in [0, 0.1) is 5.92 Å². The zero-order chi connectivity index (χ0) is 13.8. The quantitative estimate of drug-likeness (QED) is 0.425. The van der Waals surface area contributed by atoms with E-state index in [0.29, 0.717) is 29.9 Å². The maximum atomic E-state index is 11.3. The second kappa shape index (κ2) is 7.66. The van der Waals surface area contributed by atoms with E-state index in [1.54, 1.807) is 0 Å². The molecule has 7 heteroatoms. The Morgan fingerprint density at radius 1 is 1.32 bits per heavy atom. The Bertz CT molecular complexity index is 388. The van der Waals surface area contributed by atoms with E-state index in [2.05, 4.69) is 10.3 Å². The first kappa shape index (κ1) is 18.9. The molecule has 0 spiro atoms. The zero-order valence-corrected chi connectivity index (χ0v) is 15.1. The van der Waals surface area contributed by atoms with Crippen LogP contribution in [0.2, 0.25) is 0 Å². The zero-order valence-electron chi connectivity index (χ0n) is 12.0. The minimum atomic E-state index is -2.75. The van der Waals surface area contributed by atoms with Gasteiger partial charge in [0, 0.05) is 12.1 Å². The Morgan fingerprint density at radius 3 is 2.32 bits per heavy atom. The number of hydrogen-bond donors (Lipinski definition) is 2. The number of halogens is 1. The number of guanidine groups is 1. The standard InChI is InChI=1S/C12H25N3O2S.HI/c1-12(2,3)15-11(13)14-7-4-10-5-8-18(16,17)9-6-10;/h10H,4-9H2,1-3H3,(H3,13,14,15);1H. The molecule has 114 valence electrons. The summed E-state index contributed by atoms with van der Waals surface area (Å²) >= 11 is 0. The van der Waals surface area contributed by atoms with Gasteiger partial charge in [0.25, 0.3) is 0 Å². The average Bonchev–Trinajstić information content (AvgIpc) is 2.18. The molecule has 1 aliphatic rings. The predicted octanol–water partition coefficient (Wildman–Crippen LogP) is 1.52. The highest BCUT2D eigenvalue weighted by Gasteiger charge is 2.23.